The van der Waals surface area contributed by atoms with E-state index in [2.05, 4.69) is 15.5 Å². The number of hydrogen-bond acceptors (Lipinski definition) is 6. The standard InChI is InChI=1S/C14H13ClN4O2S2/c1-10(23(20,21)9-12-7-8-13(15)22-12)14-16-17-18-19(14)11-5-3-2-4-6-11/h2-8,10H,9H2,1H3/t10-/m0/s1. The first kappa shape index (κ1) is 16.1. The second kappa shape index (κ2) is 6.38. The van der Waals surface area contributed by atoms with Gasteiger partial charge in [-0.1, -0.05) is 29.8 Å². The van der Waals surface area contributed by atoms with Crippen LogP contribution in [0, 0.1) is 0 Å². The number of thiophene rings is 1. The summed E-state index contributed by atoms with van der Waals surface area (Å²) in [5.41, 5.74) is 0.716. The molecule has 0 unspecified atom stereocenters. The summed E-state index contributed by atoms with van der Waals surface area (Å²) in [6.07, 6.45) is 0. The smallest absolute Gasteiger partial charge is 0.174 e. The highest BCUT2D eigenvalue weighted by molar-refractivity contribution is 7.91. The van der Waals surface area contributed by atoms with Crippen LogP contribution in [0.5, 0.6) is 0 Å². The zero-order chi connectivity index (χ0) is 16.4. The highest BCUT2D eigenvalue weighted by atomic mass is 35.5. The van der Waals surface area contributed by atoms with Crippen molar-refractivity contribution in [3.05, 3.63) is 57.5 Å². The van der Waals surface area contributed by atoms with Gasteiger partial charge in [0.2, 0.25) is 0 Å². The van der Waals surface area contributed by atoms with Gasteiger partial charge in [0.1, 0.15) is 5.25 Å². The van der Waals surface area contributed by atoms with Crippen LogP contribution in [-0.4, -0.2) is 28.6 Å². The van der Waals surface area contributed by atoms with E-state index >= 15 is 0 Å². The maximum absolute atomic E-state index is 12.6. The highest BCUT2D eigenvalue weighted by Gasteiger charge is 2.29. The van der Waals surface area contributed by atoms with Crippen LogP contribution in [0.3, 0.4) is 0 Å². The van der Waals surface area contributed by atoms with Gasteiger partial charge in [0.15, 0.2) is 15.7 Å². The van der Waals surface area contributed by atoms with Crippen molar-refractivity contribution in [2.45, 2.75) is 17.9 Å². The molecule has 0 amide bonds. The lowest BCUT2D eigenvalue weighted by molar-refractivity contribution is 0.580. The topological polar surface area (TPSA) is 77.7 Å². The fraction of sp³-hybridized carbons (Fsp3) is 0.214. The minimum atomic E-state index is -3.47. The summed E-state index contributed by atoms with van der Waals surface area (Å²) in [6.45, 7) is 1.59. The first-order valence-electron chi connectivity index (χ1n) is 6.77. The first-order valence-corrected chi connectivity index (χ1v) is 9.68. The molecule has 0 aliphatic heterocycles. The first-order chi connectivity index (χ1) is 11.0. The summed E-state index contributed by atoms with van der Waals surface area (Å²) in [4.78, 5) is 0.695. The second-order valence-electron chi connectivity index (χ2n) is 4.94. The van der Waals surface area contributed by atoms with Crippen molar-refractivity contribution in [1.82, 2.24) is 20.2 Å². The molecule has 1 aromatic carbocycles. The Bertz CT molecular complexity index is 906. The number of para-hydroxylation sites is 1. The van der Waals surface area contributed by atoms with E-state index in [9.17, 15) is 8.42 Å². The SMILES string of the molecule is C[C@@H](c1nnnn1-c1ccccc1)S(=O)(=O)Cc1ccc(Cl)s1. The van der Waals surface area contributed by atoms with Gasteiger partial charge in [-0.05, 0) is 41.6 Å². The summed E-state index contributed by atoms with van der Waals surface area (Å²) in [5, 5.41) is 10.6. The van der Waals surface area contributed by atoms with Crippen LogP contribution < -0.4 is 0 Å². The Hall–Kier alpha value is -1.77. The largest absolute Gasteiger partial charge is 0.228 e. The molecule has 0 aliphatic carbocycles. The van der Waals surface area contributed by atoms with Crippen LogP contribution in [0.25, 0.3) is 5.69 Å². The van der Waals surface area contributed by atoms with Gasteiger partial charge in [-0.3, -0.25) is 0 Å². The summed E-state index contributed by atoms with van der Waals surface area (Å²) in [6, 6.07) is 12.6. The summed E-state index contributed by atoms with van der Waals surface area (Å²) < 4.78 is 27.3. The average Bonchev–Trinajstić information content (AvgIpc) is 3.16. The maximum Gasteiger partial charge on any atom is 0.174 e. The number of tetrazole rings is 1. The van der Waals surface area contributed by atoms with Crippen molar-refractivity contribution in [2.75, 3.05) is 0 Å². The molecule has 0 aliphatic rings. The number of halogens is 1. The molecule has 0 spiro atoms. The Morgan fingerprint density at radius 2 is 1.96 bits per heavy atom. The molecule has 1 atom stereocenters. The second-order valence-corrected chi connectivity index (χ2v) is 9.06. The Labute approximate surface area is 142 Å². The van der Waals surface area contributed by atoms with Crippen LogP contribution in [0.1, 0.15) is 22.9 Å². The average molecular weight is 369 g/mol. The van der Waals surface area contributed by atoms with Gasteiger partial charge in [0, 0.05) is 4.88 Å². The van der Waals surface area contributed by atoms with Gasteiger partial charge in [-0.25, -0.2) is 8.42 Å². The number of rotatable bonds is 5. The normalized spacial score (nSPS) is 13.1. The summed E-state index contributed by atoms with van der Waals surface area (Å²) in [5.74, 6) is 0.201. The van der Waals surface area contributed by atoms with E-state index in [0.29, 0.717) is 20.7 Å². The minimum absolute atomic E-state index is 0.0901. The zero-order valence-electron chi connectivity index (χ0n) is 12.1. The summed E-state index contributed by atoms with van der Waals surface area (Å²) >= 11 is 7.12. The van der Waals surface area contributed by atoms with Crippen molar-refractivity contribution in [3.8, 4) is 5.69 Å². The fourth-order valence-corrected chi connectivity index (χ4v) is 4.94. The molecule has 0 radical (unpaired) electrons. The molecule has 2 aromatic heterocycles. The molecule has 23 heavy (non-hydrogen) atoms. The van der Waals surface area contributed by atoms with Crippen LogP contribution >= 0.6 is 22.9 Å². The molecule has 6 nitrogen and oxygen atoms in total. The highest BCUT2D eigenvalue weighted by Crippen LogP contribution is 2.29. The van der Waals surface area contributed by atoms with Crippen LogP contribution in [-0.2, 0) is 15.6 Å². The lowest BCUT2D eigenvalue weighted by Crippen LogP contribution is -2.17. The molecule has 2 heterocycles. The Morgan fingerprint density at radius 3 is 2.61 bits per heavy atom. The van der Waals surface area contributed by atoms with Gasteiger partial charge >= 0.3 is 0 Å². The van der Waals surface area contributed by atoms with Gasteiger partial charge in [0.05, 0.1) is 15.8 Å². The third-order valence-electron chi connectivity index (χ3n) is 3.37. The molecule has 0 saturated carbocycles. The molecule has 0 bridgehead atoms. The maximum atomic E-state index is 12.6. The third-order valence-corrected chi connectivity index (χ3v) is 6.78. The predicted octanol–water partition coefficient (Wildman–Crippen LogP) is 3.05. The van der Waals surface area contributed by atoms with Crippen molar-refractivity contribution in [2.24, 2.45) is 0 Å². The van der Waals surface area contributed by atoms with Crippen LogP contribution in [0.2, 0.25) is 4.34 Å². The van der Waals surface area contributed by atoms with Gasteiger partial charge < -0.3 is 0 Å². The van der Waals surface area contributed by atoms with E-state index in [-0.39, 0.29) is 5.75 Å². The number of nitrogens with zero attached hydrogens (tertiary/aromatic N) is 4. The predicted molar refractivity (Wildman–Crippen MR) is 89.5 cm³/mol. The molecule has 3 aromatic rings. The molecule has 0 N–H and O–H groups in total. The van der Waals surface area contributed by atoms with Gasteiger partial charge in [-0.15, -0.1) is 16.4 Å². The Balaban J connectivity index is 1.91. The third kappa shape index (κ3) is 3.44. The number of hydrogen-bond donors (Lipinski definition) is 0. The molecule has 120 valence electrons. The summed E-state index contributed by atoms with van der Waals surface area (Å²) in [7, 11) is -3.47. The Morgan fingerprint density at radius 1 is 1.22 bits per heavy atom. The van der Waals surface area contributed by atoms with E-state index in [1.807, 2.05) is 30.3 Å². The number of aromatic nitrogens is 4. The number of sulfone groups is 1. The van der Waals surface area contributed by atoms with Crippen LogP contribution in [0.15, 0.2) is 42.5 Å². The van der Waals surface area contributed by atoms with Crippen molar-refractivity contribution < 1.29 is 8.42 Å². The molecule has 0 fully saturated rings. The molecule has 0 saturated heterocycles. The van der Waals surface area contributed by atoms with E-state index in [0.717, 1.165) is 0 Å². The molecule has 3 rings (SSSR count). The van der Waals surface area contributed by atoms with Crippen LogP contribution in [0.4, 0.5) is 0 Å². The van der Waals surface area contributed by atoms with Gasteiger partial charge in [0.25, 0.3) is 0 Å². The number of benzene rings is 1. The lowest BCUT2D eigenvalue weighted by atomic mass is 10.3. The quantitative estimate of drug-likeness (QED) is 0.691. The van der Waals surface area contributed by atoms with Crippen molar-refractivity contribution in [1.29, 1.82) is 0 Å². The molecule has 9 heteroatoms. The van der Waals surface area contributed by atoms with E-state index in [1.165, 1.54) is 16.0 Å². The van der Waals surface area contributed by atoms with E-state index in [1.54, 1.807) is 19.1 Å². The van der Waals surface area contributed by atoms with Gasteiger partial charge in [-0.2, -0.15) is 4.68 Å². The van der Waals surface area contributed by atoms with E-state index in [4.69, 9.17) is 11.6 Å². The van der Waals surface area contributed by atoms with Crippen molar-refractivity contribution >= 4 is 32.8 Å². The van der Waals surface area contributed by atoms with E-state index < -0.39 is 15.1 Å². The minimum Gasteiger partial charge on any atom is -0.228 e. The molecular formula is C14H13ClN4O2S2. The lowest BCUT2D eigenvalue weighted by Gasteiger charge is -2.12. The Kier molecular flexibility index (Phi) is 4.47. The zero-order valence-corrected chi connectivity index (χ0v) is 14.5. The van der Waals surface area contributed by atoms with Crippen molar-refractivity contribution in [3.63, 3.8) is 0 Å². The molecular weight excluding hydrogens is 356 g/mol. The monoisotopic (exact) mass is 368 g/mol. The fourth-order valence-electron chi connectivity index (χ4n) is 2.11.